The molecule has 0 spiro atoms. The molecule has 1 aliphatic heterocycles. The van der Waals surface area contributed by atoms with Crippen molar-refractivity contribution in [3.8, 4) is 11.8 Å². The molecule has 6 heteroatoms. The van der Waals surface area contributed by atoms with Crippen molar-refractivity contribution in [2.75, 3.05) is 43.1 Å². The second kappa shape index (κ2) is 6.71. The Kier molecular flexibility index (Phi) is 4.49. The molecule has 1 N–H and O–H groups in total. The van der Waals surface area contributed by atoms with E-state index in [1.54, 1.807) is 13.3 Å². The van der Waals surface area contributed by atoms with Gasteiger partial charge in [0.15, 0.2) is 0 Å². The van der Waals surface area contributed by atoms with Crippen molar-refractivity contribution in [1.82, 2.24) is 4.98 Å². The molecule has 5 nitrogen and oxygen atoms in total. The quantitative estimate of drug-likeness (QED) is 0.879. The Morgan fingerprint density at radius 2 is 1.74 bits per heavy atom. The van der Waals surface area contributed by atoms with Crippen LogP contribution in [0.1, 0.15) is 5.56 Å². The van der Waals surface area contributed by atoms with Gasteiger partial charge in [0.25, 0.3) is 0 Å². The number of nitrogens with zero attached hydrogens (tertiary/aromatic N) is 3. The van der Waals surface area contributed by atoms with Gasteiger partial charge in [-0.2, -0.15) is 5.26 Å². The fraction of sp³-hybridized carbons (Fsp3) is 0.294. The van der Waals surface area contributed by atoms with Gasteiger partial charge in [-0.25, -0.2) is 0 Å². The fourth-order valence-corrected chi connectivity index (χ4v) is 3.14. The summed E-state index contributed by atoms with van der Waals surface area (Å²) in [5.74, 6) is 0.890. The topological polar surface area (TPSA) is 55.3 Å². The molecule has 118 valence electrons. The van der Waals surface area contributed by atoms with Crippen LogP contribution in [0.2, 0.25) is 0 Å². The Morgan fingerprint density at radius 1 is 1.09 bits per heavy atom. The van der Waals surface area contributed by atoms with Crippen LogP contribution in [0.5, 0.6) is 5.75 Å². The van der Waals surface area contributed by atoms with Crippen molar-refractivity contribution in [1.29, 1.82) is 5.26 Å². The van der Waals surface area contributed by atoms with Gasteiger partial charge in [0.2, 0.25) is 0 Å². The number of pyridine rings is 1. The van der Waals surface area contributed by atoms with Crippen molar-refractivity contribution in [2.45, 2.75) is 0 Å². The number of methoxy groups -OCH3 is 1. The lowest BCUT2D eigenvalue weighted by atomic mass is 10.2. The molecule has 1 aromatic heterocycles. The summed E-state index contributed by atoms with van der Waals surface area (Å²) in [6.07, 6.45) is 1.80. The molecule has 2 aromatic rings. The van der Waals surface area contributed by atoms with Crippen LogP contribution in [0.3, 0.4) is 0 Å². The van der Waals surface area contributed by atoms with Crippen molar-refractivity contribution in [2.24, 2.45) is 0 Å². The molecule has 1 saturated heterocycles. The number of benzene rings is 1. The van der Waals surface area contributed by atoms with Crippen molar-refractivity contribution in [3.05, 3.63) is 46.7 Å². The van der Waals surface area contributed by atoms with E-state index in [0.717, 1.165) is 43.3 Å². The Balaban J connectivity index is 1.78. The molecule has 23 heavy (non-hydrogen) atoms. The second-order valence-corrected chi connectivity index (χ2v) is 5.73. The molecule has 2 heterocycles. The first-order valence-electron chi connectivity index (χ1n) is 7.49. The summed E-state index contributed by atoms with van der Waals surface area (Å²) >= 11 is 5.21. The number of piperazine rings is 1. The van der Waals surface area contributed by atoms with Crippen LogP contribution in [0.4, 0.5) is 11.4 Å². The zero-order chi connectivity index (χ0) is 16.2. The molecule has 0 bridgehead atoms. The number of rotatable bonds is 3. The van der Waals surface area contributed by atoms with Gasteiger partial charge < -0.3 is 19.5 Å². The standard InChI is InChI=1S/C17H18N4OS/c1-22-16-5-3-2-4-15(16)21-10-8-20(9-11-21)14-6-7-19-17(23)13(14)12-18/h2-7H,8-11H2,1H3,(H,19,23). The van der Waals surface area contributed by atoms with Crippen molar-refractivity contribution in [3.63, 3.8) is 0 Å². The third-order valence-electron chi connectivity index (χ3n) is 4.10. The third-order valence-corrected chi connectivity index (χ3v) is 4.42. The summed E-state index contributed by atoms with van der Waals surface area (Å²) in [6, 6.07) is 12.2. The lowest BCUT2D eigenvalue weighted by Gasteiger charge is -2.38. The number of H-pyrrole nitrogens is 1. The molecule has 0 atom stereocenters. The van der Waals surface area contributed by atoms with Crippen molar-refractivity contribution < 1.29 is 4.74 Å². The molecule has 3 rings (SSSR count). The molecule has 0 unspecified atom stereocenters. The van der Waals surface area contributed by atoms with Gasteiger partial charge in [-0.05, 0) is 18.2 Å². The smallest absolute Gasteiger partial charge is 0.142 e. The number of hydrogen-bond acceptors (Lipinski definition) is 5. The Bertz CT molecular complexity index is 788. The van der Waals surface area contributed by atoms with Gasteiger partial charge in [0, 0.05) is 32.4 Å². The maximum Gasteiger partial charge on any atom is 0.142 e. The van der Waals surface area contributed by atoms with E-state index in [9.17, 15) is 5.26 Å². The van der Waals surface area contributed by atoms with E-state index in [0.29, 0.717) is 10.2 Å². The predicted octanol–water partition coefficient (Wildman–Crippen LogP) is 2.95. The monoisotopic (exact) mass is 326 g/mol. The minimum absolute atomic E-state index is 0.497. The van der Waals surface area contributed by atoms with E-state index < -0.39 is 0 Å². The summed E-state index contributed by atoms with van der Waals surface area (Å²) in [6.45, 7) is 3.42. The third kappa shape index (κ3) is 3.01. The normalized spacial score (nSPS) is 14.4. The number of aromatic amines is 1. The van der Waals surface area contributed by atoms with Crippen LogP contribution >= 0.6 is 12.2 Å². The van der Waals surface area contributed by atoms with Gasteiger partial charge in [-0.1, -0.05) is 24.4 Å². The second-order valence-electron chi connectivity index (χ2n) is 5.32. The number of ether oxygens (including phenoxy) is 1. The van der Waals surface area contributed by atoms with E-state index in [2.05, 4.69) is 26.9 Å². The number of hydrogen-bond donors (Lipinski definition) is 1. The highest BCUT2D eigenvalue weighted by atomic mass is 32.1. The van der Waals surface area contributed by atoms with Gasteiger partial charge in [0.1, 0.15) is 22.0 Å². The number of nitrogens with one attached hydrogen (secondary N) is 1. The molecule has 0 aliphatic carbocycles. The van der Waals surface area contributed by atoms with Gasteiger partial charge in [0.05, 0.1) is 18.5 Å². The van der Waals surface area contributed by atoms with Gasteiger partial charge in [-0.15, -0.1) is 0 Å². The largest absolute Gasteiger partial charge is 0.495 e. The Hall–Kier alpha value is -2.52. The lowest BCUT2D eigenvalue weighted by Crippen LogP contribution is -2.46. The Labute approximate surface area is 140 Å². The number of aromatic nitrogens is 1. The van der Waals surface area contributed by atoms with Crippen LogP contribution < -0.4 is 14.5 Å². The molecule has 0 saturated carbocycles. The first-order valence-corrected chi connectivity index (χ1v) is 7.90. The van der Waals surface area contributed by atoms with E-state index in [1.165, 1.54) is 0 Å². The molecular formula is C17H18N4OS. The zero-order valence-electron chi connectivity index (χ0n) is 13.0. The van der Waals surface area contributed by atoms with Crippen LogP contribution in [-0.4, -0.2) is 38.3 Å². The number of nitriles is 1. The van der Waals surface area contributed by atoms with Crippen LogP contribution in [0.25, 0.3) is 0 Å². The average molecular weight is 326 g/mol. The van der Waals surface area contributed by atoms with Crippen LogP contribution in [-0.2, 0) is 0 Å². The molecule has 0 amide bonds. The molecule has 1 fully saturated rings. The highest BCUT2D eigenvalue weighted by Crippen LogP contribution is 2.29. The molecule has 1 aromatic carbocycles. The molecular weight excluding hydrogens is 308 g/mol. The lowest BCUT2D eigenvalue weighted by molar-refractivity contribution is 0.413. The van der Waals surface area contributed by atoms with Gasteiger partial charge >= 0.3 is 0 Å². The summed E-state index contributed by atoms with van der Waals surface area (Å²) in [7, 11) is 1.69. The first kappa shape index (κ1) is 15.4. The maximum absolute atomic E-state index is 9.34. The first-order chi connectivity index (χ1) is 11.2. The predicted molar refractivity (Wildman–Crippen MR) is 93.8 cm³/mol. The number of para-hydroxylation sites is 2. The van der Waals surface area contributed by atoms with E-state index in [1.807, 2.05) is 24.3 Å². The summed E-state index contributed by atoms with van der Waals surface area (Å²) in [4.78, 5) is 7.45. The average Bonchev–Trinajstić information content (AvgIpc) is 2.61. The molecule has 1 aliphatic rings. The maximum atomic E-state index is 9.34. The molecule has 0 radical (unpaired) electrons. The van der Waals surface area contributed by atoms with E-state index in [-0.39, 0.29) is 0 Å². The number of anilines is 2. The fourth-order valence-electron chi connectivity index (χ4n) is 2.92. The van der Waals surface area contributed by atoms with E-state index in [4.69, 9.17) is 17.0 Å². The summed E-state index contributed by atoms with van der Waals surface area (Å²) in [5, 5.41) is 9.34. The van der Waals surface area contributed by atoms with Crippen LogP contribution in [0.15, 0.2) is 36.5 Å². The summed E-state index contributed by atoms with van der Waals surface area (Å²) in [5.41, 5.74) is 2.57. The SMILES string of the molecule is COc1ccccc1N1CCN(c2cc[nH]c(=S)c2C#N)CC1. The minimum Gasteiger partial charge on any atom is -0.495 e. The van der Waals surface area contributed by atoms with Crippen molar-refractivity contribution >= 4 is 23.6 Å². The minimum atomic E-state index is 0.497. The zero-order valence-corrected chi connectivity index (χ0v) is 13.8. The summed E-state index contributed by atoms with van der Waals surface area (Å²) < 4.78 is 5.94. The van der Waals surface area contributed by atoms with Crippen LogP contribution in [0, 0.1) is 16.0 Å². The highest BCUT2D eigenvalue weighted by Gasteiger charge is 2.21. The highest BCUT2D eigenvalue weighted by molar-refractivity contribution is 7.71. The van der Waals surface area contributed by atoms with Gasteiger partial charge in [-0.3, -0.25) is 0 Å². The van der Waals surface area contributed by atoms with E-state index >= 15 is 0 Å². The Morgan fingerprint density at radius 3 is 2.39 bits per heavy atom.